The van der Waals surface area contributed by atoms with Crippen LogP contribution in [0.15, 0.2) is 11.8 Å². The van der Waals surface area contributed by atoms with Crippen LogP contribution in [0.25, 0.3) is 0 Å². The lowest BCUT2D eigenvalue weighted by Crippen LogP contribution is -2.44. The van der Waals surface area contributed by atoms with Crippen molar-refractivity contribution in [3.63, 3.8) is 0 Å². The van der Waals surface area contributed by atoms with Crippen molar-refractivity contribution in [2.75, 3.05) is 39.5 Å². The van der Waals surface area contributed by atoms with Crippen molar-refractivity contribution >= 4 is 5.91 Å². The highest BCUT2D eigenvalue weighted by atomic mass is 16.7. The van der Waals surface area contributed by atoms with Crippen molar-refractivity contribution < 1.29 is 24.1 Å². The van der Waals surface area contributed by atoms with E-state index in [1.54, 1.807) is 4.90 Å². The van der Waals surface area contributed by atoms with Gasteiger partial charge in [0.2, 0.25) is 6.29 Å². The van der Waals surface area contributed by atoms with Crippen LogP contribution in [0.2, 0.25) is 0 Å². The molecule has 0 aromatic heterocycles. The molecule has 0 spiro atoms. The maximum atomic E-state index is 12.6. The van der Waals surface area contributed by atoms with Gasteiger partial charge in [0, 0.05) is 32.2 Å². The van der Waals surface area contributed by atoms with Crippen LogP contribution in [-0.4, -0.2) is 61.7 Å². The summed E-state index contributed by atoms with van der Waals surface area (Å²) in [6.45, 7) is 7.02. The summed E-state index contributed by atoms with van der Waals surface area (Å²) >= 11 is 0. The highest BCUT2D eigenvalue weighted by Crippen LogP contribution is 2.33. The number of carbonyl (C=O) groups is 1. The van der Waals surface area contributed by atoms with Gasteiger partial charge in [0.25, 0.3) is 5.91 Å². The Morgan fingerprint density at radius 2 is 2.18 bits per heavy atom. The molecule has 0 aromatic rings. The summed E-state index contributed by atoms with van der Waals surface area (Å²) in [5, 5.41) is 9.04. The molecule has 6 nitrogen and oxygen atoms in total. The van der Waals surface area contributed by atoms with E-state index >= 15 is 0 Å². The minimum atomic E-state index is -0.420. The van der Waals surface area contributed by atoms with Crippen LogP contribution in [-0.2, 0) is 19.0 Å². The van der Waals surface area contributed by atoms with E-state index in [1.807, 2.05) is 13.0 Å². The molecular formula is C16H27NO5. The fourth-order valence-corrected chi connectivity index (χ4v) is 2.95. The van der Waals surface area contributed by atoms with E-state index in [1.165, 1.54) is 0 Å². The topological polar surface area (TPSA) is 68.2 Å². The molecule has 0 radical (unpaired) electrons. The summed E-state index contributed by atoms with van der Waals surface area (Å²) in [7, 11) is 0. The fraction of sp³-hybridized carbons (Fsp3) is 0.812. The minimum absolute atomic E-state index is 0.0829. The average molecular weight is 313 g/mol. The van der Waals surface area contributed by atoms with Gasteiger partial charge in [-0.15, -0.1) is 0 Å². The molecule has 6 heteroatoms. The van der Waals surface area contributed by atoms with E-state index in [9.17, 15) is 4.79 Å². The van der Waals surface area contributed by atoms with E-state index < -0.39 is 6.29 Å². The second-order valence-corrected chi connectivity index (χ2v) is 5.77. The van der Waals surface area contributed by atoms with Crippen molar-refractivity contribution in [2.24, 2.45) is 11.8 Å². The molecule has 0 aliphatic carbocycles. The number of carbonyl (C=O) groups excluding carboxylic acids is 1. The molecule has 22 heavy (non-hydrogen) atoms. The molecule has 2 aliphatic rings. The molecule has 1 N–H and O–H groups in total. The first-order chi connectivity index (χ1) is 10.7. The molecule has 2 rings (SSSR count). The van der Waals surface area contributed by atoms with Gasteiger partial charge in [0.15, 0.2) is 5.76 Å². The standard InChI is InChI=1S/C16H27NO5/c1-3-21-16-13(5-4-8-18)12(2)11-14(22-16)15(19)17-6-9-20-10-7-17/h11-13,16,18H,3-10H2,1-2H3/t12-,13+,16+/m0/s1. The number of aliphatic hydroxyl groups is 1. The molecule has 126 valence electrons. The smallest absolute Gasteiger partial charge is 0.288 e. The zero-order valence-corrected chi connectivity index (χ0v) is 13.5. The second kappa shape index (κ2) is 8.50. The van der Waals surface area contributed by atoms with Crippen LogP contribution in [0.5, 0.6) is 0 Å². The van der Waals surface area contributed by atoms with E-state index in [0.717, 1.165) is 6.42 Å². The number of amides is 1. The molecule has 2 aliphatic heterocycles. The maximum absolute atomic E-state index is 12.6. The molecular weight excluding hydrogens is 286 g/mol. The summed E-state index contributed by atoms with van der Waals surface area (Å²) in [5.74, 6) is 0.638. The van der Waals surface area contributed by atoms with Crippen LogP contribution in [0.1, 0.15) is 26.7 Å². The van der Waals surface area contributed by atoms with Gasteiger partial charge in [-0.25, -0.2) is 0 Å². The van der Waals surface area contributed by atoms with Crippen molar-refractivity contribution in [3.8, 4) is 0 Å². The average Bonchev–Trinajstić information content (AvgIpc) is 2.54. The van der Waals surface area contributed by atoms with Crippen LogP contribution in [0, 0.1) is 11.8 Å². The Kier molecular flexibility index (Phi) is 6.67. The minimum Gasteiger partial charge on any atom is -0.459 e. The third kappa shape index (κ3) is 4.21. The quantitative estimate of drug-likeness (QED) is 0.796. The molecule has 0 bridgehead atoms. The Hall–Kier alpha value is -1.11. The number of morpholine rings is 1. The molecule has 1 amide bonds. The summed E-state index contributed by atoms with van der Waals surface area (Å²) < 4.78 is 16.8. The molecule has 0 unspecified atom stereocenters. The predicted molar refractivity (Wildman–Crippen MR) is 81.0 cm³/mol. The lowest BCUT2D eigenvalue weighted by Gasteiger charge is -2.37. The van der Waals surface area contributed by atoms with Crippen molar-refractivity contribution in [1.82, 2.24) is 4.90 Å². The van der Waals surface area contributed by atoms with E-state index in [2.05, 4.69) is 6.92 Å². The Labute approximate surface area is 132 Å². The predicted octanol–water partition coefficient (Wildman–Crippen LogP) is 1.15. The summed E-state index contributed by atoms with van der Waals surface area (Å²) in [6.07, 6.45) is 3.01. The van der Waals surface area contributed by atoms with E-state index in [4.69, 9.17) is 19.3 Å². The number of nitrogens with zero attached hydrogens (tertiary/aromatic N) is 1. The van der Waals surface area contributed by atoms with Gasteiger partial charge in [-0.2, -0.15) is 0 Å². The molecule has 1 saturated heterocycles. The first kappa shape index (κ1) is 17.2. The van der Waals surface area contributed by atoms with Crippen molar-refractivity contribution in [1.29, 1.82) is 0 Å². The molecule has 0 aromatic carbocycles. The van der Waals surface area contributed by atoms with E-state index in [0.29, 0.717) is 45.1 Å². The lowest BCUT2D eigenvalue weighted by atomic mass is 9.86. The third-order valence-electron chi connectivity index (χ3n) is 4.22. The van der Waals surface area contributed by atoms with Crippen molar-refractivity contribution in [3.05, 3.63) is 11.8 Å². The van der Waals surface area contributed by atoms with E-state index in [-0.39, 0.29) is 24.3 Å². The summed E-state index contributed by atoms with van der Waals surface area (Å²) in [4.78, 5) is 14.3. The number of aliphatic hydroxyl groups excluding tert-OH is 1. The molecule has 0 saturated carbocycles. The number of hydrogen-bond acceptors (Lipinski definition) is 5. The summed E-state index contributed by atoms with van der Waals surface area (Å²) in [5.41, 5.74) is 0. The highest BCUT2D eigenvalue weighted by molar-refractivity contribution is 5.91. The second-order valence-electron chi connectivity index (χ2n) is 5.77. The maximum Gasteiger partial charge on any atom is 0.288 e. The molecule has 2 heterocycles. The Balaban J connectivity index is 2.06. The zero-order valence-electron chi connectivity index (χ0n) is 13.5. The van der Waals surface area contributed by atoms with Crippen LogP contribution in [0.4, 0.5) is 0 Å². The normalized spacial score (nSPS) is 29.0. The summed E-state index contributed by atoms with van der Waals surface area (Å²) in [6, 6.07) is 0. The zero-order chi connectivity index (χ0) is 15.9. The van der Waals surface area contributed by atoms with Gasteiger partial charge >= 0.3 is 0 Å². The number of hydrogen-bond donors (Lipinski definition) is 1. The first-order valence-electron chi connectivity index (χ1n) is 8.15. The van der Waals surface area contributed by atoms with Crippen LogP contribution < -0.4 is 0 Å². The first-order valence-corrected chi connectivity index (χ1v) is 8.15. The number of allylic oxidation sites excluding steroid dienone is 1. The number of ether oxygens (including phenoxy) is 3. The Morgan fingerprint density at radius 1 is 1.45 bits per heavy atom. The van der Waals surface area contributed by atoms with Gasteiger partial charge in [-0.05, 0) is 31.8 Å². The van der Waals surface area contributed by atoms with Gasteiger partial charge in [-0.1, -0.05) is 6.92 Å². The molecule has 1 fully saturated rings. The van der Waals surface area contributed by atoms with Gasteiger partial charge in [0.05, 0.1) is 13.2 Å². The van der Waals surface area contributed by atoms with Gasteiger partial charge in [-0.3, -0.25) is 4.79 Å². The van der Waals surface area contributed by atoms with Gasteiger partial charge < -0.3 is 24.2 Å². The number of rotatable bonds is 6. The van der Waals surface area contributed by atoms with Crippen LogP contribution in [0.3, 0.4) is 0 Å². The molecule has 3 atom stereocenters. The Morgan fingerprint density at radius 3 is 2.82 bits per heavy atom. The third-order valence-corrected chi connectivity index (χ3v) is 4.22. The Bertz CT molecular complexity index is 392. The van der Waals surface area contributed by atoms with Crippen LogP contribution >= 0.6 is 0 Å². The monoisotopic (exact) mass is 313 g/mol. The van der Waals surface area contributed by atoms with Crippen molar-refractivity contribution in [2.45, 2.75) is 33.0 Å². The highest BCUT2D eigenvalue weighted by Gasteiger charge is 2.36. The fourth-order valence-electron chi connectivity index (χ4n) is 2.95. The SMILES string of the molecule is CCO[C@@H]1OC(C(=O)N2CCOCC2)=C[C@H](C)[C@H]1CCCO. The lowest BCUT2D eigenvalue weighted by molar-refractivity contribution is -0.175. The largest absolute Gasteiger partial charge is 0.459 e. The van der Waals surface area contributed by atoms with Gasteiger partial charge in [0.1, 0.15) is 0 Å².